The lowest BCUT2D eigenvalue weighted by Gasteiger charge is -2.20. The molecule has 0 atom stereocenters. The molecule has 1 aromatic heterocycles. The molecular formula is C18H21BrClN3O2. The molecule has 0 aliphatic heterocycles. The summed E-state index contributed by atoms with van der Waals surface area (Å²) >= 11 is 9.19. The Labute approximate surface area is 161 Å². The lowest BCUT2D eigenvalue weighted by atomic mass is 9.87. The van der Waals surface area contributed by atoms with E-state index in [0.29, 0.717) is 25.3 Å². The van der Waals surface area contributed by atoms with E-state index < -0.39 is 0 Å². The Morgan fingerprint density at radius 3 is 2.60 bits per heavy atom. The Bertz CT molecular complexity index is 730. The number of rotatable bonds is 6. The van der Waals surface area contributed by atoms with Gasteiger partial charge in [-0.15, -0.1) is 10.2 Å². The highest BCUT2D eigenvalue weighted by molar-refractivity contribution is 9.10. The van der Waals surface area contributed by atoms with Crippen LogP contribution in [0, 0.1) is 0 Å². The van der Waals surface area contributed by atoms with Crippen molar-refractivity contribution in [3.63, 3.8) is 0 Å². The van der Waals surface area contributed by atoms with Crippen LogP contribution in [-0.2, 0) is 10.2 Å². The maximum atomic E-state index is 11.9. The van der Waals surface area contributed by atoms with Crippen LogP contribution in [0.4, 0.5) is 5.82 Å². The van der Waals surface area contributed by atoms with Crippen LogP contribution in [-0.4, -0.2) is 22.7 Å². The molecule has 0 saturated carbocycles. The molecule has 0 saturated heterocycles. The van der Waals surface area contributed by atoms with Crippen molar-refractivity contribution in [2.24, 2.45) is 0 Å². The predicted molar refractivity (Wildman–Crippen MR) is 103 cm³/mol. The summed E-state index contributed by atoms with van der Waals surface area (Å²) in [4.78, 5) is 11.9. The second kappa shape index (κ2) is 8.63. The van der Waals surface area contributed by atoms with Gasteiger partial charge in [0.2, 0.25) is 5.91 Å². The number of carbonyl (C=O) groups is 1. The minimum atomic E-state index is -0.137. The lowest BCUT2D eigenvalue weighted by Crippen LogP contribution is -2.14. The Kier molecular flexibility index (Phi) is 6.79. The summed E-state index contributed by atoms with van der Waals surface area (Å²) in [5, 5.41) is 10.4. The average molecular weight is 427 g/mol. The molecule has 5 nitrogen and oxygen atoms in total. The molecule has 2 rings (SSSR count). The second-order valence-electron chi connectivity index (χ2n) is 6.64. The average Bonchev–Trinajstić information content (AvgIpc) is 2.54. The molecule has 25 heavy (non-hydrogen) atoms. The molecule has 0 aliphatic rings. The van der Waals surface area contributed by atoms with Gasteiger partial charge in [-0.05, 0) is 57.6 Å². The normalized spacial score (nSPS) is 11.2. The largest absolute Gasteiger partial charge is 0.492 e. The van der Waals surface area contributed by atoms with Crippen molar-refractivity contribution in [3.8, 4) is 5.75 Å². The number of anilines is 1. The van der Waals surface area contributed by atoms with Gasteiger partial charge in [-0.3, -0.25) is 4.79 Å². The van der Waals surface area contributed by atoms with Gasteiger partial charge in [0.05, 0.1) is 11.1 Å². The summed E-state index contributed by atoms with van der Waals surface area (Å²) < 4.78 is 6.67. The van der Waals surface area contributed by atoms with Crippen LogP contribution >= 0.6 is 27.5 Å². The minimum absolute atomic E-state index is 0.0870. The summed E-state index contributed by atoms with van der Waals surface area (Å²) in [7, 11) is 0. The van der Waals surface area contributed by atoms with Crippen LogP contribution in [0.5, 0.6) is 5.75 Å². The number of hydrogen-bond donors (Lipinski definition) is 1. The number of nitrogens with one attached hydrogen (secondary N) is 1. The number of benzene rings is 1. The van der Waals surface area contributed by atoms with Gasteiger partial charge < -0.3 is 10.1 Å². The third-order valence-corrected chi connectivity index (χ3v) is 4.32. The van der Waals surface area contributed by atoms with Crippen LogP contribution in [0.3, 0.4) is 0 Å². The van der Waals surface area contributed by atoms with Gasteiger partial charge in [0, 0.05) is 6.42 Å². The van der Waals surface area contributed by atoms with Crippen molar-refractivity contribution in [2.75, 3.05) is 11.9 Å². The van der Waals surface area contributed by atoms with Crippen LogP contribution in [0.2, 0.25) is 5.15 Å². The molecule has 1 heterocycles. The highest BCUT2D eigenvalue weighted by Gasteiger charge is 2.15. The minimum Gasteiger partial charge on any atom is -0.492 e. The van der Waals surface area contributed by atoms with Gasteiger partial charge in [-0.25, -0.2) is 0 Å². The number of amides is 1. The van der Waals surface area contributed by atoms with Crippen molar-refractivity contribution in [1.29, 1.82) is 0 Å². The van der Waals surface area contributed by atoms with E-state index in [9.17, 15) is 4.79 Å². The van der Waals surface area contributed by atoms with E-state index in [1.807, 2.05) is 6.07 Å². The van der Waals surface area contributed by atoms with Gasteiger partial charge in [0.15, 0.2) is 11.0 Å². The smallest absolute Gasteiger partial charge is 0.225 e. The van der Waals surface area contributed by atoms with Crippen LogP contribution in [0.15, 0.2) is 34.8 Å². The van der Waals surface area contributed by atoms with Gasteiger partial charge >= 0.3 is 0 Å². The first kappa shape index (κ1) is 19.7. The fourth-order valence-corrected chi connectivity index (χ4v) is 2.68. The summed E-state index contributed by atoms with van der Waals surface area (Å²) in [6, 6.07) is 9.27. The monoisotopic (exact) mass is 425 g/mol. The first-order chi connectivity index (χ1) is 11.8. The molecule has 0 aliphatic carbocycles. The number of carbonyl (C=O) groups excluding carboxylic acids is 1. The number of hydrogen-bond acceptors (Lipinski definition) is 4. The van der Waals surface area contributed by atoms with Crippen LogP contribution in [0.25, 0.3) is 0 Å². The third-order valence-electron chi connectivity index (χ3n) is 3.50. The van der Waals surface area contributed by atoms with E-state index in [1.165, 1.54) is 5.56 Å². The Morgan fingerprint density at radius 1 is 1.24 bits per heavy atom. The molecule has 0 spiro atoms. The Morgan fingerprint density at radius 2 is 2.00 bits per heavy atom. The van der Waals surface area contributed by atoms with Crippen molar-refractivity contribution in [3.05, 3.63) is 45.5 Å². The van der Waals surface area contributed by atoms with E-state index in [-0.39, 0.29) is 16.5 Å². The van der Waals surface area contributed by atoms with Crippen molar-refractivity contribution < 1.29 is 9.53 Å². The van der Waals surface area contributed by atoms with E-state index in [0.717, 1.165) is 10.2 Å². The number of nitrogens with zero attached hydrogens (tertiary/aromatic N) is 2. The maximum absolute atomic E-state index is 11.9. The molecular weight excluding hydrogens is 406 g/mol. The van der Waals surface area contributed by atoms with E-state index in [2.05, 4.69) is 64.3 Å². The lowest BCUT2D eigenvalue weighted by molar-refractivity contribution is -0.116. The molecule has 0 bridgehead atoms. The molecule has 2 aromatic rings. The van der Waals surface area contributed by atoms with Crippen LogP contribution < -0.4 is 10.1 Å². The zero-order valence-corrected chi connectivity index (χ0v) is 16.8. The predicted octanol–water partition coefficient (Wildman–Crippen LogP) is 4.99. The standard InChI is InChI=1S/C18H21BrClN3O2/c1-18(2,3)12-6-7-14(13(19)11-12)25-10-4-5-17(24)21-16-9-8-15(20)22-23-16/h6-9,11H,4-5,10H2,1-3H3,(H,21,23,24). The van der Waals surface area contributed by atoms with Crippen molar-refractivity contribution in [2.45, 2.75) is 39.0 Å². The second-order valence-corrected chi connectivity index (χ2v) is 7.88. The SMILES string of the molecule is CC(C)(C)c1ccc(OCCCC(=O)Nc2ccc(Cl)nn2)c(Br)c1. The van der Waals surface area contributed by atoms with Gasteiger partial charge in [0.25, 0.3) is 0 Å². The molecule has 134 valence electrons. The summed E-state index contributed by atoms with van der Waals surface area (Å²) in [6.07, 6.45) is 0.933. The van der Waals surface area contributed by atoms with Gasteiger partial charge in [-0.2, -0.15) is 0 Å². The summed E-state index contributed by atoms with van der Waals surface area (Å²) in [5.41, 5.74) is 1.32. The summed E-state index contributed by atoms with van der Waals surface area (Å²) in [5.74, 6) is 1.02. The zero-order chi connectivity index (χ0) is 18.4. The van der Waals surface area contributed by atoms with Gasteiger partial charge in [-0.1, -0.05) is 38.4 Å². The molecule has 1 amide bonds. The topological polar surface area (TPSA) is 64.1 Å². The third kappa shape index (κ3) is 6.29. The first-order valence-electron chi connectivity index (χ1n) is 7.97. The highest BCUT2D eigenvalue weighted by Crippen LogP contribution is 2.31. The number of halogens is 2. The van der Waals surface area contributed by atoms with Crippen LogP contribution in [0.1, 0.15) is 39.2 Å². The maximum Gasteiger partial charge on any atom is 0.225 e. The molecule has 0 unspecified atom stereocenters. The van der Waals surface area contributed by atoms with Crippen molar-refractivity contribution >= 4 is 39.3 Å². The fourth-order valence-electron chi connectivity index (χ4n) is 2.09. The van der Waals surface area contributed by atoms with Gasteiger partial charge in [0.1, 0.15) is 5.75 Å². The Balaban J connectivity index is 1.77. The number of ether oxygens (including phenoxy) is 1. The summed E-state index contributed by atoms with van der Waals surface area (Å²) in [6.45, 7) is 6.95. The van der Waals surface area contributed by atoms with Crippen molar-refractivity contribution in [1.82, 2.24) is 10.2 Å². The fraction of sp³-hybridized carbons (Fsp3) is 0.389. The first-order valence-corrected chi connectivity index (χ1v) is 9.15. The van der Waals surface area contributed by atoms with E-state index in [4.69, 9.17) is 16.3 Å². The van der Waals surface area contributed by atoms with E-state index >= 15 is 0 Å². The molecule has 1 N–H and O–H groups in total. The molecule has 1 aromatic carbocycles. The quantitative estimate of drug-likeness (QED) is 0.661. The zero-order valence-electron chi connectivity index (χ0n) is 14.5. The molecule has 0 radical (unpaired) electrons. The van der Waals surface area contributed by atoms with E-state index in [1.54, 1.807) is 12.1 Å². The molecule has 7 heteroatoms. The highest BCUT2D eigenvalue weighted by atomic mass is 79.9. The molecule has 0 fully saturated rings. The Hall–Kier alpha value is -1.66. The number of aromatic nitrogens is 2.